The summed E-state index contributed by atoms with van der Waals surface area (Å²) in [4.78, 5) is 8.61. The normalized spacial score (nSPS) is 11.8. The van der Waals surface area contributed by atoms with Gasteiger partial charge in [-0.2, -0.15) is 0 Å². The maximum Gasteiger partial charge on any atom is 0.191 e. The van der Waals surface area contributed by atoms with Crippen LogP contribution in [0.25, 0.3) is 0 Å². The number of aromatic nitrogens is 1. The Kier molecular flexibility index (Phi) is 11.0. The highest BCUT2D eigenvalue weighted by Crippen LogP contribution is 2.14. The first-order chi connectivity index (χ1) is 13.3. The monoisotopic (exact) mass is 554 g/mol. The standard InChI is InChI=1S/C19H27FN4O2S2.HI/c1-14-12-27-18(24-14)6-4-5-9-22-19(21-2)23-11-16-10-17(20)8-7-15(16)13-28(3,25)26;/h7-8,10,12H,4-6,9,11,13H2,1-3H3,(H2,21,22,23);1H. The average Bonchev–Trinajstić information content (AvgIpc) is 3.03. The number of hydrogen-bond donors (Lipinski definition) is 2. The summed E-state index contributed by atoms with van der Waals surface area (Å²) in [7, 11) is -1.54. The number of unbranched alkanes of at least 4 members (excludes halogenated alkanes) is 1. The lowest BCUT2D eigenvalue weighted by molar-refractivity contribution is 0.599. The Morgan fingerprint density at radius 3 is 2.62 bits per heavy atom. The van der Waals surface area contributed by atoms with E-state index in [-0.39, 0.29) is 29.7 Å². The van der Waals surface area contributed by atoms with Gasteiger partial charge < -0.3 is 10.6 Å². The number of aliphatic imine (C=N–C) groups is 1. The molecule has 0 unspecified atom stereocenters. The molecule has 0 saturated heterocycles. The molecule has 0 aliphatic carbocycles. The number of halogens is 2. The largest absolute Gasteiger partial charge is 0.356 e. The molecule has 6 nitrogen and oxygen atoms in total. The van der Waals surface area contributed by atoms with Crippen LogP contribution in [0.2, 0.25) is 0 Å². The zero-order valence-corrected chi connectivity index (χ0v) is 20.8. The Labute approximate surface area is 193 Å². The third-order valence-electron chi connectivity index (χ3n) is 4.03. The van der Waals surface area contributed by atoms with Gasteiger partial charge in [-0.3, -0.25) is 4.99 Å². The molecule has 2 rings (SSSR count). The van der Waals surface area contributed by atoms with Crippen LogP contribution in [0.4, 0.5) is 4.39 Å². The van der Waals surface area contributed by atoms with Gasteiger partial charge in [-0.05, 0) is 49.4 Å². The Bertz CT molecular complexity index is 917. The van der Waals surface area contributed by atoms with E-state index in [1.807, 2.05) is 6.92 Å². The van der Waals surface area contributed by atoms with Gasteiger partial charge in [0.1, 0.15) is 5.82 Å². The van der Waals surface area contributed by atoms with Crippen molar-refractivity contribution < 1.29 is 12.8 Å². The highest BCUT2D eigenvalue weighted by Gasteiger charge is 2.11. The van der Waals surface area contributed by atoms with Gasteiger partial charge in [0.15, 0.2) is 15.8 Å². The molecular formula is C19H28FIN4O2S2. The fourth-order valence-corrected chi connectivity index (χ4v) is 4.37. The van der Waals surface area contributed by atoms with Crippen LogP contribution in [0.15, 0.2) is 28.6 Å². The van der Waals surface area contributed by atoms with Gasteiger partial charge in [-0.15, -0.1) is 35.3 Å². The average molecular weight is 554 g/mol. The van der Waals surface area contributed by atoms with Crippen LogP contribution in [0.5, 0.6) is 0 Å². The molecule has 0 spiro atoms. The number of nitrogens with zero attached hydrogens (tertiary/aromatic N) is 2. The molecule has 0 fully saturated rings. The molecule has 1 aromatic carbocycles. The van der Waals surface area contributed by atoms with Gasteiger partial charge in [0, 0.05) is 37.5 Å². The molecular weight excluding hydrogens is 526 g/mol. The predicted molar refractivity (Wildman–Crippen MR) is 128 cm³/mol. The second kappa shape index (κ2) is 12.4. The van der Waals surface area contributed by atoms with Crippen LogP contribution >= 0.6 is 35.3 Å². The zero-order chi connectivity index (χ0) is 20.6. The number of thiazole rings is 1. The van der Waals surface area contributed by atoms with Crippen molar-refractivity contribution in [1.82, 2.24) is 15.6 Å². The first-order valence-electron chi connectivity index (χ1n) is 9.07. The fraction of sp³-hybridized carbons (Fsp3) is 0.474. The fourth-order valence-electron chi connectivity index (χ4n) is 2.71. The molecule has 29 heavy (non-hydrogen) atoms. The van der Waals surface area contributed by atoms with Gasteiger partial charge in [-0.1, -0.05) is 6.07 Å². The minimum absolute atomic E-state index is 0. The van der Waals surface area contributed by atoms with Crippen LogP contribution in [0.1, 0.15) is 34.7 Å². The molecule has 0 bridgehead atoms. The van der Waals surface area contributed by atoms with Crippen molar-refractivity contribution in [2.75, 3.05) is 19.8 Å². The summed E-state index contributed by atoms with van der Waals surface area (Å²) in [5, 5.41) is 9.56. The zero-order valence-electron chi connectivity index (χ0n) is 16.9. The molecule has 1 heterocycles. The summed E-state index contributed by atoms with van der Waals surface area (Å²) in [6.45, 7) is 3.04. The summed E-state index contributed by atoms with van der Waals surface area (Å²) in [5.41, 5.74) is 2.26. The molecule has 0 radical (unpaired) electrons. The number of sulfone groups is 1. The number of hydrogen-bond acceptors (Lipinski definition) is 5. The number of aryl methyl sites for hydroxylation is 2. The molecule has 2 aromatic rings. The van der Waals surface area contributed by atoms with Gasteiger partial charge in [0.05, 0.1) is 10.8 Å². The molecule has 10 heteroatoms. The number of benzene rings is 1. The second-order valence-corrected chi connectivity index (χ2v) is 9.76. The third kappa shape index (κ3) is 9.85. The summed E-state index contributed by atoms with van der Waals surface area (Å²) in [5.74, 6) is 0.0844. The first kappa shape index (κ1) is 25.8. The number of rotatable bonds is 9. The van der Waals surface area contributed by atoms with E-state index in [4.69, 9.17) is 0 Å². The molecule has 0 aliphatic heterocycles. The predicted octanol–water partition coefficient (Wildman–Crippen LogP) is 3.44. The Balaban J connectivity index is 0.00000420. The lowest BCUT2D eigenvalue weighted by Gasteiger charge is -2.14. The van der Waals surface area contributed by atoms with E-state index in [1.54, 1.807) is 18.4 Å². The first-order valence-corrected chi connectivity index (χ1v) is 12.0. The van der Waals surface area contributed by atoms with Crippen molar-refractivity contribution in [3.8, 4) is 0 Å². The molecule has 1 aromatic heterocycles. The number of nitrogens with one attached hydrogen (secondary N) is 2. The summed E-state index contributed by atoms with van der Waals surface area (Å²) in [6, 6.07) is 4.15. The van der Waals surface area contributed by atoms with Crippen molar-refractivity contribution >= 4 is 51.1 Å². The molecule has 0 saturated carbocycles. The van der Waals surface area contributed by atoms with Crippen LogP contribution in [0.3, 0.4) is 0 Å². The Hall–Kier alpha value is -1.27. The van der Waals surface area contributed by atoms with E-state index in [0.717, 1.165) is 36.5 Å². The second-order valence-electron chi connectivity index (χ2n) is 6.68. The highest BCUT2D eigenvalue weighted by molar-refractivity contribution is 14.0. The summed E-state index contributed by atoms with van der Waals surface area (Å²) in [6.07, 6.45) is 4.13. The van der Waals surface area contributed by atoms with Crippen molar-refractivity contribution in [2.45, 2.75) is 38.5 Å². The van der Waals surface area contributed by atoms with Crippen LogP contribution in [0, 0.1) is 12.7 Å². The maximum absolute atomic E-state index is 13.6. The van der Waals surface area contributed by atoms with Crippen molar-refractivity contribution in [1.29, 1.82) is 0 Å². The lowest BCUT2D eigenvalue weighted by atomic mass is 10.1. The Morgan fingerprint density at radius 1 is 1.24 bits per heavy atom. The molecule has 0 atom stereocenters. The molecule has 2 N–H and O–H groups in total. The van der Waals surface area contributed by atoms with Crippen LogP contribution in [-0.4, -0.2) is 39.2 Å². The van der Waals surface area contributed by atoms with E-state index >= 15 is 0 Å². The van der Waals surface area contributed by atoms with Gasteiger partial charge in [-0.25, -0.2) is 17.8 Å². The molecule has 0 aliphatic rings. The minimum atomic E-state index is -3.20. The van der Waals surface area contributed by atoms with E-state index in [9.17, 15) is 12.8 Å². The maximum atomic E-state index is 13.6. The smallest absolute Gasteiger partial charge is 0.191 e. The highest BCUT2D eigenvalue weighted by atomic mass is 127. The third-order valence-corrected chi connectivity index (χ3v) is 5.89. The van der Waals surface area contributed by atoms with Crippen molar-refractivity contribution in [2.24, 2.45) is 4.99 Å². The SMILES string of the molecule is CN=C(NCCCCc1nc(C)cs1)NCc1cc(F)ccc1CS(C)(=O)=O.I. The van der Waals surface area contributed by atoms with Crippen molar-refractivity contribution in [3.63, 3.8) is 0 Å². The van der Waals surface area contributed by atoms with Gasteiger partial charge >= 0.3 is 0 Å². The van der Waals surface area contributed by atoms with Gasteiger partial charge in [0.2, 0.25) is 0 Å². The minimum Gasteiger partial charge on any atom is -0.356 e. The van der Waals surface area contributed by atoms with E-state index in [1.165, 1.54) is 24.5 Å². The summed E-state index contributed by atoms with van der Waals surface area (Å²) >= 11 is 1.69. The molecule has 162 valence electrons. The lowest BCUT2D eigenvalue weighted by Crippen LogP contribution is -2.37. The van der Waals surface area contributed by atoms with Crippen LogP contribution in [-0.2, 0) is 28.6 Å². The van der Waals surface area contributed by atoms with E-state index in [0.29, 0.717) is 23.6 Å². The van der Waals surface area contributed by atoms with Crippen molar-refractivity contribution in [3.05, 3.63) is 51.2 Å². The Morgan fingerprint density at radius 2 is 2.00 bits per heavy atom. The van der Waals surface area contributed by atoms with Gasteiger partial charge in [0.25, 0.3) is 0 Å². The molecule has 0 amide bonds. The quantitative estimate of drug-likeness (QED) is 0.215. The van der Waals surface area contributed by atoms with E-state index in [2.05, 4.69) is 26.0 Å². The topological polar surface area (TPSA) is 83.4 Å². The van der Waals surface area contributed by atoms with Crippen LogP contribution < -0.4 is 10.6 Å². The van der Waals surface area contributed by atoms with E-state index < -0.39 is 15.7 Å². The summed E-state index contributed by atoms with van der Waals surface area (Å²) < 4.78 is 36.8. The number of guanidine groups is 1.